The summed E-state index contributed by atoms with van der Waals surface area (Å²) in [6.45, 7) is 7.89. The Labute approximate surface area is 202 Å². The molecule has 1 aliphatic heterocycles. The van der Waals surface area contributed by atoms with Gasteiger partial charge in [0, 0.05) is 49.5 Å². The van der Waals surface area contributed by atoms with Crippen LogP contribution in [-0.2, 0) is 12.6 Å². The lowest BCUT2D eigenvalue weighted by atomic mass is 10.0. The van der Waals surface area contributed by atoms with Crippen LogP contribution in [-0.4, -0.2) is 47.1 Å². The van der Waals surface area contributed by atoms with Crippen LogP contribution in [0.15, 0.2) is 48.5 Å². The number of amides is 2. The first kappa shape index (κ1) is 24.5. The highest BCUT2D eigenvalue weighted by molar-refractivity contribution is 5.89. The number of carbonyl (C=O) groups excluding carboxylic acids is 1. The molecule has 1 N–H and O–H groups in total. The number of urea groups is 1. The van der Waals surface area contributed by atoms with Gasteiger partial charge in [0.2, 0.25) is 0 Å². The summed E-state index contributed by atoms with van der Waals surface area (Å²) >= 11 is 0. The summed E-state index contributed by atoms with van der Waals surface area (Å²) in [4.78, 5) is 25.8. The molecule has 0 unspecified atom stereocenters. The molecule has 184 valence electrons. The lowest BCUT2D eigenvalue weighted by molar-refractivity contribution is -0.137. The Morgan fingerprint density at radius 1 is 0.971 bits per heavy atom. The van der Waals surface area contributed by atoms with Crippen molar-refractivity contribution in [1.82, 2.24) is 14.9 Å². The molecule has 1 fully saturated rings. The van der Waals surface area contributed by atoms with Crippen LogP contribution in [0, 0.1) is 20.8 Å². The third kappa shape index (κ3) is 5.90. The molecule has 4 rings (SSSR count). The van der Waals surface area contributed by atoms with E-state index in [1.165, 1.54) is 23.3 Å². The minimum absolute atomic E-state index is 0.120. The molecule has 6 nitrogen and oxygen atoms in total. The van der Waals surface area contributed by atoms with Crippen molar-refractivity contribution in [3.63, 3.8) is 0 Å². The van der Waals surface area contributed by atoms with Crippen LogP contribution in [0.2, 0.25) is 0 Å². The van der Waals surface area contributed by atoms with Gasteiger partial charge in [0.05, 0.1) is 5.56 Å². The molecule has 0 atom stereocenters. The monoisotopic (exact) mass is 483 g/mol. The second-order valence-corrected chi connectivity index (χ2v) is 8.80. The minimum atomic E-state index is -4.46. The van der Waals surface area contributed by atoms with Gasteiger partial charge in [-0.15, -0.1) is 0 Å². The fraction of sp³-hybridized carbons (Fsp3) is 0.346. The fourth-order valence-electron chi connectivity index (χ4n) is 4.19. The van der Waals surface area contributed by atoms with Crippen molar-refractivity contribution < 1.29 is 18.0 Å². The second kappa shape index (κ2) is 9.93. The van der Waals surface area contributed by atoms with Crippen molar-refractivity contribution >= 4 is 17.5 Å². The van der Waals surface area contributed by atoms with E-state index in [1.807, 2.05) is 13.8 Å². The average Bonchev–Trinajstić information content (AvgIpc) is 2.81. The normalized spacial score (nSPS) is 14.2. The minimum Gasteiger partial charge on any atom is -0.353 e. The van der Waals surface area contributed by atoms with Crippen molar-refractivity contribution in [3.05, 3.63) is 82.3 Å². The van der Waals surface area contributed by atoms with E-state index in [-0.39, 0.29) is 5.69 Å². The van der Waals surface area contributed by atoms with Gasteiger partial charge in [-0.3, -0.25) is 0 Å². The van der Waals surface area contributed by atoms with E-state index in [9.17, 15) is 18.0 Å². The zero-order valence-electron chi connectivity index (χ0n) is 20.0. The van der Waals surface area contributed by atoms with Gasteiger partial charge >= 0.3 is 12.2 Å². The molecular weight excluding hydrogens is 455 g/mol. The van der Waals surface area contributed by atoms with Gasteiger partial charge < -0.3 is 15.1 Å². The molecule has 0 spiro atoms. The first-order valence-corrected chi connectivity index (χ1v) is 11.5. The maximum atomic E-state index is 13.0. The van der Waals surface area contributed by atoms with E-state index < -0.39 is 17.8 Å². The van der Waals surface area contributed by atoms with Crippen LogP contribution < -0.4 is 10.2 Å². The fourth-order valence-corrected chi connectivity index (χ4v) is 4.19. The Bertz CT molecular complexity index is 1200. The highest BCUT2D eigenvalue weighted by atomic mass is 19.4. The number of nitrogens with one attached hydrogen (secondary N) is 1. The summed E-state index contributed by atoms with van der Waals surface area (Å²) in [7, 11) is 0. The van der Waals surface area contributed by atoms with Crippen LogP contribution in [0.1, 0.15) is 33.8 Å². The molecule has 2 heterocycles. The Morgan fingerprint density at radius 2 is 1.66 bits per heavy atom. The summed E-state index contributed by atoms with van der Waals surface area (Å²) in [5, 5.41) is 2.59. The predicted molar refractivity (Wildman–Crippen MR) is 130 cm³/mol. The van der Waals surface area contributed by atoms with Gasteiger partial charge in [-0.2, -0.15) is 13.2 Å². The van der Waals surface area contributed by atoms with Gasteiger partial charge in [0.25, 0.3) is 0 Å². The Balaban J connectivity index is 1.45. The van der Waals surface area contributed by atoms with Crippen molar-refractivity contribution in [3.8, 4) is 0 Å². The highest BCUT2D eigenvalue weighted by Crippen LogP contribution is 2.31. The zero-order chi connectivity index (χ0) is 25.2. The van der Waals surface area contributed by atoms with Crippen molar-refractivity contribution in [2.45, 2.75) is 33.4 Å². The number of nitrogens with zero attached hydrogens (tertiary/aromatic N) is 4. The second-order valence-electron chi connectivity index (χ2n) is 8.80. The molecule has 0 saturated carbocycles. The van der Waals surface area contributed by atoms with E-state index in [0.717, 1.165) is 29.2 Å². The molecular formula is C26H28F3N5O. The zero-order valence-corrected chi connectivity index (χ0v) is 20.0. The lowest BCUT2D eigenvalue weighted by Gasteiger charge is -2.36. The van der Waals surface area contributed by atoms with Crippen molar-refractivity contribution in [2.75, 3.05) is 36.4 Å². The topological polar surface area (TPSA) is 61.4 Å². The Hall–Kier alpha value is -3.62. The van der Waals surface area contributed by atoms with Gasteiger partial charge in [0.15, 0.2) is 0 Å². The standard InChI is InChI=1S/C26H28F3N5O/c1-17-7-9-20(10-8-17)15-23-18(2)30-19(3)31-24(23)33-11-13-34(14-12-33)25(35)32-22-6-4-5-21(16-22)26(27,28)29/h4-10,16H,11-15H2,1-3H3,(H,32,35). The number of aromatic nitrogens is 2. The number of piperazine rings is 1. The van der Waals surface area contributed by atoms with E-state index in [1.54, 1.807) is 4.90 Å². The maximum absolute atomic E-state index is 13.0. The number of hydrogen-bond donors (Lipinski definition) is 1. The smallest absolute Gasteiger partial charge is 0.353 e. The molecule has 1 saturated heterocycles. The summed E-state index contributed by atoms with van der Waals surface area (Å²) in [5.74, 6) is 1.56. The number of anilines is 2. The van der Waals surface area contributed by atoms with Gasteiger partial charge in [-0.1, -0.05) is 35.9 Å². The Morgan fingerprint density at radius 3 is 2.31 bits per heavy atom. The summed E-state index contributed by atoms with van der Waals surface area (Å²) < 4.78 is 38.9. The first-order chi connectivity index (χ1) is 16.6. The highest BCUT2D eigenvalue weighted by Gasteiger charge is 2.31. The van der Waals surface area contributed by atoms with Crippen LogP contribution >= 0.6 is 0 Å². The number of hydrogen-bond acceptors (Lipinski definition) is 4. The quantitative estimate of drug-likeness (QED) is 0.542. The third-order valence-electron chi connectivity index (χ3n) is 6.11. The summed E-state index contributed by atoms with van der Waals surface area (Å²) in [5.41, 5.74) is 3.68. The maximum Gasteiger partial charge on any atom is 0.416 e. The molecule has 1 aromatic heterocycles. The number of carbonyl (C=O) groups is 1. The molecule has 9 heteroatoms. The van der Waals surface area contributed by atoms with Crippen molar-refractivity contribution in [1.29, 1.82) is 0 Å². The van der Waals surface area contributed by atoms with Crippen LogP contribution in [0.3, 0.4) is 0 Å². The van der Waals surface area contributed by atoms with E-state index in [0.29, 0.717) is 38.4 Å². The number of alkyl halides is 3. The third-order valence-corrected chi connectivity index (χ3v) is 6.11. The molecule has 0 bridgehead atoms. The van der Waals surface area contributed by atoms with Crippen LogP contribution in [0.5, 0.6) is 0 Å². The SMILES string of the molecule is Cc1ccc(Cc2c(C)nc(C)nc2N2CCN(C(=O)Nc3cccc(C(F)(F)F)c3)CC2)cc1. The van der Waals surface area contributed by atoms with E-state index in [4.69, 9.17) is 4.98 Å². The lowest BCUT2D eigenvalue weighted by Crippen LogP contribution is -2.50. The van der Waals surface area contributed by atoms with Crippen LogP contribution in [0.25, 0.3) is 0 Å². The average molecular weight is 484 g/mol. The Kier molecular flexibility index (Phi) is 6.95. The molecule has 0 aliphatic carbocycles. The number of halogens is 3. The van der Waals surface area contributed by atoms with Crippen LogP contribution in [0.4, 0.5) is 29.5 Å². The molecule has 2 amide bonds. The molecule has 3 aromatic rings. The van der Waals surface area contributed by atoms with E-state index in [2.05, 4.69) is 46.4 Å². The number of rotatable bonds is 4. The van der Waals surface area contributed by atoms with Gasteiger partial charge in [-0.05, 0) is 44.5 Å². The molecule has 35 heavy (non-hydrogen) atoms. The number of benzene rings is 2. The predicted octanol–water partition coefficient (Wildman–Crippen LogP) is 5.37. The van der Waals surface area contributed by atoms with E-state index >= 15 is 0 Å². The molecule has 0 radical (unpaired) electrons. The van der Waals surface area contributed by atoms with Crippen molar-refractivity contribution in [2.24, 2.45) is 0 Å². The first-order valence-electron chi connectivity index (χ1n) is 11.5. The summed E-state index contributed by atoms with van der Waals surface area (Å²) in [6, 6.07) is 12.6. The van der Waals surface area contributed by atoms with Gasteiger partial charge in [-0.25, -0.2) is 14.8 Å². The number of aryl methyl sites for hydroxylation is 3. The van der Waals surface area contributed by atoms with Gasteiger partial charge in [0.1, 0.15) is 11.6 Å². The molecule has 1 aliphatic rings. The largest absolute Gasteiger partial charge is 0.416 e. The summed E-state index contributed by atoms with van der Waals surface area (Å²) in [6.07, 6.45) is -3.76. The molecule has 2 aromatic carbocycles.